The van der Waals surface area contributed by atoms with Crippen molar-refractivity contribution in [3.05, 3.63) is 40.1 Å². The van der Waals surface area contributed by atoms with Crippen LogP contribution in [0.25, 0.3) is 0 Å². The van der Waals surface area contributed by atoms with Crippen LogP contribution >= 0.6 is 22.6 Å². The van der Waals surface area contributed by atoms with Gasteiger partial charge in [-0.1, -0.05) is 0 Å². The van der Waals surface area contributed by atoms with Crippen LogP contribution in [0.15, 0.2) is 36.5 Å². The van der Waals surface area contributed by atoms with E-state index in [1.54, 1.807) is 19.4 Å². The summed E-state index contributed by atoms with van der Waals surface area (Å²) >= 11 is 2.28. The first-order chi connectivity index (χ1) is 8.20. The van der Waals surface area contributed by atoms with Crippen LogP contribution in [0.4, 0.5) is 11.6 Å². The van der Waals surface area contributed by atoms with Crippen molar-refractivity contribution in [3.63, 3.8) is 0 Å². The number of hydrogen-bond donors (Lipinski definition) is 0. The summed E-state index contributed by atoms with van der Waals surface area (Å²) in [5, 5.41) is 0. The fourth-order valence-electron chi connectivity index (χ4n) is 1.39. The van der Waals surface area contributed by atoms with E-state index in [9.17, 15) is 0 Å². The molecule has 2 aromatic rings. The van der Waals surface area contributed by atoms with Crippen molar-refractivity contribution >= 4 is 34.2 Å². The number of aromatic nitrogens is 2. The van der Waals surface area contributed by atoms with Gasteiger partial charge in [0.05, 0.1) is 7.11 Å². The minimum atomic E-state index is 0.562. The molecule has 0 saturated heterocycles. The molecule has 0 N–H and O–H groups in total. The Morgan fingerprint density at radius 1 is 1.18 bits per heavy atom. The Morgan fingerprint density at radius 3 is 2.53 bits per heavy atom. The number of ether oxygens (including phenoxy) is 1. The van der Waals surface area contributed by atoms with Gasteiger partial charge in [-0.2, -0.15) is 4.98 Å². The average Bonchev–Trinajstić information content (AvgIpc) is 2.39. The van der Waals surface area contributed by atoms with E-state index in [0.717, 1.165) is 5.69 Å². The molecule has 17 heavy (non-hydrogen) atoms. The monoisotopic (exact) mass is 341 g/mol. The third-order valence-corrected chi connectivity index (χ3v) is 3.06. The number of anilines is 2. The lowest BCUT2D eigenvalue weighted by Crippen LogP contribution is -2.13. The number of nitrogens with zero attached hydrogens (tertiary/aromatic N) is 3. The van der Waals surface area contributed by atoms with Gasteiger partial charge in [-0.15, -0.1) is 0 Å². The van der Waals surface area contributed by atoms with Crippen molar-refractivity contribution in [2.24, 2.45) is 0 Å². The number of hydrogen-bond acceptors (Lipinski definition) is 4. The highest BCUT2D eigenvalue weighted by Gasteiger charge is 2.07. The summed E-state index contributed by atoms with van der Waals surface area (Å²) in [5.41, 5.74) is 1.04. The fourth-order valence-corrected chi connectivity index (χ4v) is 1.75. The first-order valence-corrected chi connectivity index (χ1v) is 6.15. The lowest BCUT2D eigenvalue weighted by molar-refractivity contribution is 0.397. The zero-order valence-electron chi connectivity index (χ0n) is 9.59. The molecule has 0 fully saturated rings. The van der Waals surface area contributed by atoms with Crippen LogP contribution in [0.2, 0.25) is 0 Å². The van der Waals surface area contributed by atoms with E-state index in [2.05, 4.69) is 32.6 Å². The maximum absolute atomic E-state index is 5.08. The zero-order chi connectivity index (χ0) is 12.3. The fraction of sp³-hybridized carbons (Fsp3) is 0.167. The first kappa shape index (κ1) is 12.1. The van der Waals surface area contributed by atoms with E-state index >= 15 is 0 Å². The van der Waals surface area contributed by atoms with Gasteiger partial charge in [0.25, 0.3) is 0 Å². The Hall–Kier alpha value is -1.37. The van der Waals surface area contributed by atoms with Crippen molar-refractivity contribution < 1.29 is 4.74 Å². The Morgan fingerprint density at radius 2 is 1.88 bits per heavy atom. The maximum atomic E-state index is 5.08. The highest BCUT2D eigenvalue weighted by molar-refractivity contribution is 14.1. The molecule has 0 atom stereocenters. The highest BCUT2D eigenvalue weighted by Crippen LogP contribution is 2.22. The van der Waals surface area contributed by atoms with Gasteiger partial charge < -0.3 is 9.64 Å². The molecule has 1 heterocycles. The van der Waals surface area contributed by atoms with Gasteiger partial charge in [-0.25, -0.2) is 4.98 Å². The molecular formula is C12H12IN3O. The molecule has 2 rings (SSSR count). The van der Waals surface area contributed by atoms with E-state index < -0.39 is 0 Å². The Kier molecular flexibility index (Phi) is 3.78. The van der Waals surface area contributed by atoms with Gasteiger partial charge in [0, 0.05) is 28.6 Å². The second-order valence-corrected chi connectivity index (χ2v) is 4.68. The van der Waals surface area contributed by atoms with Crippen LogP contribution in [0, 0.1) is 3.57 Å². The van der Waals surface area contributed by atoms with Crippen molar-refractivity contribution in [1.29, 1.82) is 0 Å². The summed E-state index contributed by atoms with van der Waals surface area (Å²) in [6, 6.07) is 9.89. The predicted molar refractivity (Wildman–Crippen MR) is 75.8 cm³/mol. The van der Waals surface area contributed by atoms with Gasteiger partial charge in [-0.05, 0) is 46.9 Å². The Bertz CT molecular complexity index is 501. The number of benzene rings is 1. The van der Waals surface area contributed by atoms with Gasteiger partial charge >= 0.3 is 0 Å². The summed E-state index contributed by atoms with van der Waals surface area (Å²) in [7, 11) is 3.52. The van der Waals surface area contributed by atoms with Crippen LogP contribution in [-0.2, 0) is 0 Å². The molecular weight excluding hydrogens is 329 g/mol. The van der Waals surface area contributed by atoms with E-state index in [4.69, 9.17) is 4.74 Å². The second kappa shape index (κ2) is 5.31. The van der Waals surface area contributed by atoms with Crippen molar-refractivity contribution in [2.45, 2.75) is 0 Å². The quantitative estimate of drug-likeness (QED) is 0.805. The number of methoxy groups -OCH3 is 1. The summed E-state index contributed by atoms with van der Waals surface area (Å²) in [4.78, 5) is 10.4. The number of rotatable bonds is 3. The minimum absolute atomic E-state index is 0.562. The molecule has 0 radical (unpaired) electrons. The molecule has 1 aromatic carbocycles. The molecule has 1 aromatic heterocycles. The first-order valence-electron chi connectivity index (χ1n) is 5.07. The van der Waals surface area contributed by atoms with Gasteiger partial charge in [-0.3, -0.25) is 0 Å². The molecule has 88 valence electrons. The van der Waals surface area contributed by atoms with Crippen LogP contribution in [0.3, 0.4) is 0 Å². The molecule has 0 bridgehead atoms. The van der Waals surface area contributed by atoms with Crippen molar-refractivity contribution in [2.75, 3.05) is 19.1 Å². The van der Waals surface area contributed by atoms with Gasteiger partial charge in [0.1, 0.15) is 0 Å². The lowest BCUT2D eigenvalue weighted by atomic mass is 10.3. The average molecular weight is 341 g/mol. The molecule has 0 spiro atoms. The molecule has 0 aliphatic rings. The smallest absolute Gasteiger partial charge is 0.232 e. The van der Waals surface area contributed by atoms with Gasteiger partial charge in [0.2, 0.25) is 11.8 Å². The standard InChI is InChI=1S/C12H12IN3O/c1-16(10-5-3-9(13)4-6-10)12-14-8-7-11(15-12)17-2/h3-8H,1-2H3. The third-order valence-electron chi connectivity index (χ3n) is 2.34. The Balaban J connectivity index is 2.29. The largest absolute Gasteiger partial charge is 0.481 e. The van der Waals surface area contributed by atoms with E-state index in [0.29, 0.717) is 11.8 Å². The SMILES string of the molecule is COc1ccnc(N(C)c2ccc(I)cc2)n1. The van der Waals surface area contributed by atoms with Crippen LogP contribution < -0.4 is 9.64 Å². The van der Waals surface area contributed by atoms with Crippen molar-refractivity contribution in [3.8, 4) is 5.88 Å². The molecule has 4 nitrogen and oxygen atoms in total. The maximum Gasteiger partial charge on any atom is 0.232 e. The normalized spacial score (nSPS) is 10.1. The summed E-state index contributed by atoms with van der Waals surface area (Å²) in [5.74, 6) is 1.18. The van der Waals surface area contributed by atoms with Crippen LogP contribution in [0.1, 0.15) is 0 Å². The summed E-state index contributed by atoms with van der Waals surface area (Å²) < 4.78 is 6.28. The zero-order valence-corrected chi connectivity index (χ0v) is 11.7. The minimum Gasteiger partial charge on any atom is -0.481 e. The number of halogens is 1. The van der Waals surface area contributed by atoms with Gasteiger partial charge in [0.15, 0.2) is 0 Å². The molecule has 0 saturated carbocycles. The highest BCUT2D eigenvalue weighted by atomic mass is 127. The van der Waals surface area contributed by atoms with E-state index in [1.807, 2.05) is 36.2 Å². The van der Waals surface area contributed by atoms with E-state index in [1.165, 1.54) is 3.57 Å². The second-order valence-electron chi connectivity index (χ2n) is 3.43. The molecule has 0 amide bonds. The summed E-state index contributed by atoms with van der Waals surface area (Å²) in [6.07, 6.45) is 1.68. The molecule has 0 unspecified atom stereocenters. The summed E-state index contributed by atoms with van der Waals surface area (Å²) in [6.45, 7) is 0. The topological polar surface area (TPSA) is 38.2 Å². The molecule has 5 heteroatoms. The van der Waals surface area contributed by atoms with Crippen molar-refractivity contribution in [1.82, 2.24) is 9.97 Å². The molecule has 0 aliphatic carbocycles. The lowest BCUT2D eigenvalue weighted by Gasteiger charge is -2.17. The van der Waals surface area contributed by atoms with Crippen LogP contribution in [-0.4, -0.2) is 24.1 Å². The Labute approximate surface area is 114 Å². The third kappa shape index (κ3) is 2.85. The predicted octanol–water partition coefficient (Wildman–Crippen LogP) is 2.86. The molecule has 0 aliphatic heterocycles. The van der Waals surface area contributed by atoms with E-state index in [-0.39, 0.29) is 0 Å². The van der Waals surface area contributed by atoms with Crippen LogP contribution in [0.5, 0.6) is 5.88 Å².